The van der Waals surface area contributed by atoms with E-state index in [1.807, 2.05) is 31.3 Å². The minimum Gasteiger partial charge on any atom is -0.369 e. The number of aldehydes is 1. The van der Waals surface area contributed by atoms with Crippen LogP contribution in [0.15, 0.2) is 54.6 Å². The normalized spacial score (nSPS) is 11.7. The van der Waals surface area contributed by atoms with Gasteiger partial charge in [-0.2, -0.15) is 0 Å². The fourth-order valence-electron chi connectivity index (χ4n) is 3.36. The molecule has 1 heterocycles. The second-order valence-electron chi connectivity index (χ2n) is 6.89. The Morgan fingerprint density at radius 2 is 1.67 bits per heavy atom. The number of allylic oxidation sites excluding steroid dienone is 2. The number of alkyl halides is 2. The van der Waals surface area contributed by atoms with Crippen molar-refractivity contribution in [1.82, 2.24) is 9.55 Å². The summed E-state index contributed by atoms with van der Waals surface area (Å²) in [4.78, 5) is 17.4. The summed E-state index contributed by atoms with van der Waals surface area (Å²) in [6, 6.07) is 14.4. The Morgan fingerprint density at radius 3 is 2.30 bits per heavy atom. The maximum Gasteiger partial charge on any atom is 0.142 e. The minimum atomic E-state index is 0.557. The van der Waals surface area contributed by atoms with Gasteiger partial charge in [0.15, 0.2) is 0 Å². The number of rotatable bonds is 10. The van der Waals surface area contributed by atoms with E-state index < -0.39 is 0 Å². The highest BCUT2D eigenvalue weighted by Crippen LogP contribution is 2.23. The first-order valence-electron chi connectivity index (χ1n) is 9.87. The number of halogens is 2. The fourth-order valence-corrected chi connectivity index (χ4v) is 3.77. The van der Waals surface area contributed by atoms with Crippen LogP contribution >= 0.6 is 23.2 Å². The van der Waals surface area contributed by atoms with Crippen molar-refractivity contribution < 1.29 is 4.79 Å². The van der Waals surface area contributed by atoms with E-state index in [1.165, 1.54) is 6.08 Å². The van der Waals surface area contributed by atoms with E-state index >= 15 is 0 Å². The number of benzene rings is 2. The Kier molecular flexibility index (Phi) is 8.12. The molecule has 0 bridgehead atoms. The molecule has 30 heavy (non-hydrogen) atoms. The van der Waals surface area contributed by atoms with Gasteiger partial charge < -0.3 is 9.47 Å². The topological polar surface area (TPSA) is 38.1 Å². The van der Waals surface area contributed by atoms with Gasteiger partial charge in [-0.25, -0.2) is 4.98 Å². The molecule has 0 N–H and O–H groups in total. The van der Waals surface area contributed by atoms with Crippen LogP contribution in [0.2, 0.25) is 0 Å². The molecule has 0 aliphatic carbocycles. The number of anilines is 1. The van der Waals surface area contributed by atoms with Gasteiger partial charge in [0.1, 0.15) is 12.1 Å². The molecule has 0 fully saturated rings. The molecule has 0 atom stereocenters. The van der Waals surface area contributed by atoms with Gasteiger partial charge in [-0.05, 0) is 35.4 Å². The molecule has 156 valence electrons. The lowest BCUT2D eigenvalue weighted by molar-refractivity contribution is -0.104. The summed E-state index contributed by atoms with van der Waals surface area (Å²) in [6.07, 6.45) is 9.00. The third-order valence-electron chi connectivity index (χ3n) is 4.95. The number of aromatic nitrogens is 2. The van der Waals surface area contributed by atoms with Crippen LogP contribution in [-0.4, -0.2) is 40.7 Å². The van der Waals surface area contributed by atoms with E-state index in [0.717, 1.165) is 59.5 Å². The van der Waals surface area contributed by atoms with Crippen molar-refractivity contribution in [3.05, 3.63) is 71.6 Å². The highest BCUT2D eigenvalue weighted by atomic mass is 35.5. The molecule has 0 saturated heterocycles. The Hall–Kier alpha value is -2.56. The van der Waals surface area contributed by atoms with E-state index in [9.17, 15) is 4.79 Å². The first-order chi connectivity index (χ1) is 14.7. The summed E-state index contributed by atoms with van der Waals surface area (Å²) in [5.41, 5.74) is 5.27. The maximum absolute atomic E-state index is 10.4. The lowest BCUT2D eigenvalue weighted by atomic mass is 10.1. The highest BCUT2D eigenvalue weighted by molar-refractivity contribution is 6.18. The largest absolute Gasteiger partial charge is 0.369 e. The molecule has 0 aliphatic heterocycles. The summed E-state index contributed by atoms with van der Waals surface area (Å²) in [5.74, 6) is 2.12. The zero-order valence-electron chi connectivity index (χ0n) is 17.0. The number of imidazole rings is 1. The van der Waals surface area contributed by atoms with Crippen LogP contribution in [0.1, 0.15) is 17.0 Å². The molecule has 2 aromatic carbocycles. The van der Waals surface area contributed by atoms with E-state index in [4.69, 9.17) is 28.2 Å². The van der Waals surface area contributed by atoms with Crippen LogP contribution in [-0.2, 0) is 18.3 Å². The standard InChI is InChI=1S/C24H25Cl2N3O/c1-28-23-12-11-21(29(15-13-25)16-14-26)18-22(23)27-24(28)6-2-4-19-7-9-20(10-8-19)5-3-17-30/h2-5,7-12,17-18H,6,13-16H2,1H3/b4-2+,5-3+. The molecule has 4 nitrogen and oxygen atoms in total. The molecule has 3 aromatic rings. The molecule has 0 saturated carbocycles. The summed E-state index contributed by atoms with van der Waals surface area (Å²) in [5, 5.41) is 0. The fraction of sp³-hybridized carbons (Fsp3) is 0.250. The van der Waals surface area contributed by atoms with E-state index in [1.54, 1.807) is 6.08 Å². The molecule has 6 heteroatoms. The van der Waals surface area contributed by atoms with Gasteiger partial charge in [-0.3, -0.25) is 4.79 Å². The number of carbonyl (C=O) groups excluding carboxylic acids is 1. The third-order valence-corrected chi connectivity index (χ3v) is 5.28. The predicted octanol–water partition coefficient (Wildman–Crippen LogP) is 5.33. The SMILES string of the molecule is Cn1c(C/C=C/c2ccc(/C=C/C=O)cc2)nc2cc(N(CCCl)CCCl)ccc21. The Morgan fingerprint density at radius 1 is 1.00 bits per heavy atom. The van der Waals surface area contributed by atoms with Crippen LogP contribution in [0, 0.1) is 0 Å². The molecule has 1 aromatic heterocycles. The number of aryl methyl sites for hydroxylation is 1. The van der Waals surface area contributed by atoms with Crippen LogP contribution in [0.3, 0.4) is 0 Å². The molecule has 0 amide bonds. The van der Waals surface area contributed by atoms with Crippen molar-refractivity contribution >= 4 is 58.4 Å². The van der Waals surface area contributed by atoms with Crippen LogP contribution < -0.4 is 4.90 Å². The number of hydrogen-bond acceptors (Lipinski definition) is 3. The molecule has 0 spiro atoms. The smallest absolute Gasteiger partial charge is 0.142 e. The zero-order valence-corrected chi connectivity index (χ0v) is 18.5. The minimum absolute atomic E-state index is 0.557. The average molecular weight is 442 g/mol. The lowest BCUT2D eigenvalue weighted by Crippen LogP contribution is -2.27. The highest BCUT2D eigenvalue weighted by Gasteiger charge is 2.11. The number of fused-ring (bicyclic) bond motifs is 1. The summed E-state index contributed by atoms with van der Waals surface area (Å²) < 4.78 is 2.13. The average Bonchev–Trinajstić information content (AvgIpc) is 3.08. The van der Waals surface area contributed by atoms with Gasteiger partial charge in [-0.1, -0.05) is 42.5 Å². The van der Waals surface area contributed by atoms with Crippen LogP contribution in [0.25, 0.3) is 23.2 Å². The third kappa shape index (κ3) is 5.53. The van der Waals surface area contributed by atoms with Crippen molar-refractivity contribution in [1.29, 1.82) is 0 Å². The van der Waals surface area contributed by atoms with Crippen molar-refractivity contribution in [3.63, 3.8) is 0 Å². The maximum atomic E-state index is 10.4. The van der Waals surface area contributed by atoms with Gasteiger partial charge in [0.25, 0.3) is 0 Å². The van der Waals surface area contributed by atoms with Crippen molar-refractivity contribution in [3.8, 4) is 0 Å². The number of carbonyl (C=O) groups is 1. The van der Waals surface area contributed by atoms with E-state index in [2.05, 4.69) is 39.8 Å². The van der Waals surface area contributed by atoms with Crippen LogP contribution in [0.5, 0.6) is 0 Å². The first kappa shape index (κ1) is 22.1. The van der Waals surface area contributed by atoms with Gasteiger partial charge in [0.2, 0.25) is 0 Å². The Labute approximate surface area is 187 Å². The predicted molar refractivity (Wildman–Crippen MR) is 129 cm³/mol. The summed E-state index contributed by atoms with van der Waals surface area (Å²) in [6.45, 7) is 1.51. The number of nitrogens with zero attached hydrogens (tertiary/aromatic N) is 3. The van der Waals surface area contributed by atoms with E-state index in [-0.39, 0.29) is 0 Å². The van der Waals surface area contributed by atoms with Gasteiger partial charge in [0, 0.05) is 44.0 Å². The molecular weight excluding hydrogens is 417 g/mol. The Bertz CT molecular complexity index is 1030. The second-order valence-corrected chi connectivity index (χ2v) is 7.65. The van der Waals surface area contributed by atoms with Crippen LogP contribution in [0.4, 0.5) is 5.69 Å². The monoisotopic (exact) mass is 441 g/mol. The van der Waals surface area contributed by atoms with Gasteiger partial charge in [-0.15, -0.1) is 23.2 Å². The van der Waals surface area contributed by atoms with Gasteiger partial charge in [0.05, 0.1) is 11.0 Å². The van der Waals surface area contributed by atoms with E-state index in [0.29, 0.717) is 11.8 Å². The van der Waals surface area contributed by atoms with Gasteiger partial charge >= 0.3 is 0 Å². The summed E-state index contributed by atoms with van der Waals surface area (Å²) >= 11 is 11.9. The lowest BCUT2D eigenvalue weighted by Gasteiger charge is -2.22. The molecular formula is C24H25Cl2N3O. The molecule has 0 radical (unpaired) electrons. The molecule has 3 rings (SSSR count). The zero-order chi connectivity index (χ0) is 21.3. The van der Waals surface area contributed by atoms with Crippen molar-refractivity contribution in [2.45, 2.75) is 6.42 Å². The first-order valence-corrected chi connectivity index (χ1v) is 10.9. The Balaban J connectivity index is 1.74. The molecule has 0 unspecified atom stereocenters. The van der Waals surface area contributed by atoms with Crippen molar-refractivity contribution in [2.75, 3.05) is 29.7 Å². The molecule has 0 aliphatic rings. The summed E-state index contributed by atoms with van der Waals surface area (Å²) in [7, 11) is 2.04. The quantitative estimate of drug-likeness (QED) is 0.242. The van der Waals surface area contributed by atoms with Crippen molar-refractivity contribution in [2.24, 2.45) is 7.05 Å². The second kappa shape index (κ2) is 11.0. The number of hydrogen-bond donors (Lipinski definition) is 0.